The van der Waals surface area contributed by atoms with E-state index < -0.39 is 6.04 Å². The number of carbonyl (C=O) groups is 3. The van der Waals surface area contributed by atoms with Gasteiger partial charge in [-0.1, -0.05) is 36.4 Å². The summed E-state index contributed by atoms with van der Waals surface area (Å²) in [5, 5.41) is 12.2. The van der Waals surface area contributed by atoms with E-state index in [9.17, 15) is 14.4 Å². The highest BCUT2D eigenvalue weighted by atomic mass is 16.2. The molecule has 1 aliphatic rings. The van der Waals surface area contributed by atoms with Gasteiger partial charge in [0.1, 0.15) is 6.04 Å². The van der Waals surface area contributed by atoms with Gasteiger partial charge in [-0.25, -0.2) is 5.84 Å². The molecule has 11 heteroatoms. The summed E-state index contributed by atoms with van der Waals surface area (Å²) in [6.45, 7) is 6.36. The SMILES string of the molecule is CC(C)N1CCC(NC(=O)c2cccc(-c3cccc(C[C@H](NC=O)C(=O)Nc4ccc(C(=NN)NN)cc4)c3)c2)CC1. The number of piperidine rings is 1. The van der Waals surface area contributed by atoms with E-state index in [4.69, 9.17) is 11.7 Å². The number of nitrogens with two attached hydrogens (primary N) is 2. The molecule has 1 fully saturated rings. The Hall–Kier alpha value is -4.74. The Bertz CT molecular complexity index is 1430. The van der Waals surface area contributed by atoms with Crippen molar-refractivity contribution in [3.05, 3.63) is 89.5 Å². The quantitative estimate of drug-likeness (QED) is 0.0661. The Morgan fingerprint density at radius 3 is 2.28 bits per heavy atom. The van der Waals surface area contributed by atoms with E-state index in [2.05, 4.69) is 45.2 Å². The normalized spacial score (nSPS) is 15.0. The summed E-state index contributed by atoms with van der Waals surface area (Å²) < 4.78 is 0. The fraction of sp³-hybridized carbons (Fsp3) is 0.312. The van der Waals surface area contributed by atoms with Crippen LogP contribution in [0.4, 0.5) is 5.69 Å². The highest BCUT2D eigenvalue weighted by Gasteiger charge is 2.23. The standard InChI is InChI=1S/C32H40N8O3/c1-21(2)40-15-13-28(14-16-40)36-31(42)26-8-4-7-25(19-26)24-6-3-5-22(17-24)18-29(35-20-41)32(43)37-27-11-9-23(10-12-27)30(38-33)39-34/h3-12,17,19-21,28-29H,13-16,18,33-34H2,1-2H3,(H,35,41)(H,36,42)(H,37,43)(H,38,39)/t29-/m0/s1. The molecule has 1 atom stereocenters. The van der Waals surface area contributed by atoms with Crippen LogP contribution in [0.1, 0.15) is 48.2 Å². The zero-order chi connectivity index (χ0) is 30.8. The second-order valence-electron chi connectivity index (χ2n) is 10.9. The second-order valence-corrected chi connectivity index (χ2v) is 10.9. The lowest BCUT2D eigenvalue weighted by Crippen LogP contribution is -2.46. The molecule has 3 aromatic carbocycles. The number of hydrogen-bond acceptors (Lipinski definition) is 7. The van der Waals surface area contributed by atoms with E-state index in [1.807, 2.05) is 48.5 Å². The average Bonchev–Trinajstić information content (AvgIpc) is 3.02. The summed E-state index contributed by atoms with van der Waals surface area (Å²) in [4.78, 5) is 39.9. The smallest absolute Gasteiger partial charge is 0.251 e. The number of amides is 3. The van der Waals surface area contributed by atoms with Crippen molar-refractivity contribution in [2.75, 3.05) is 18.4 Å². The molecule has 0 bridgehead atoms. The predicted octanol–water partition coefficient (Wildman–Crippen LogP) is 2.34. The molecular formula is C32H40N8O3. The molecule has 11 nitrogen and oxygen atoms in total. The molecule has 4 rings (SSSR count). The zero-order valence-electron chi connectivity index (χ0n) is 24.5. The Labute approximate surface area is 252 Å². The molecule has 1 aliphatic heterocycles. The molecule has 0 aliphatic carbocycles. The first-order valence-corrected chi connectivity index (χ1v) is 14.4. The minimum absolute atomic E-state index is 0.0771. The fourth-order valence-electron chi connectivity index (χ4n) is 5.23. The lowest BCUT2D eigenvalue weighted by atomic mass is 9.97. The number of amidine groups is 1. The number of nitrogens with one attached hydrogen (secondary N) is 4. The van der Waals surface area contributed by atoms with Crippen molar-refractivity contribution in [2.45, 2.75) is 51.2 Å². The van der Waals surface area contributed by atoms with Crippen molar-refractivity contribution >= 4 is 29.7 Å². The van der Waals surface area contributed by atoms with Gasteiger partial charge in [0, 0.05) is 48.4 Å². The van der Waals surface area contributed by atoms with Gasteiger partial charge >= 0.3 is 0 Å². The number of rotatable bonds is 11. The number of hydrazine groups is 1. The van der Waals surface area contributed by atoms with Crippen LogP contribution < -0.4 is 33.1 Å². The molecule has 0 unspecified atom stereocenters. The minimum Gasteiger partial charge on any atom is -0.349 e. The van der Waals surface area contributed by atoms with E-state index in [1.54, 1.807) is 24.3 Å². The maximum Gasteiger partial charge on any atom is 0.251 e. The molecule has 1 heterocycles. The van der Waals surface area contributed by atoms with Gasteiger partial charge in [-0.15, -0.1) is 0 Å². The van der Waals surface area contributed by atoms with E-state index in [-0.39, 0.29) is 24.3 Å². The summed E-state index contributed by atoms with van der Waals surface area (Å²) in [6, 6.07) is 21.9. The van der Waals surface area contributed by atoms with Crippen LogP contribution in [0.15, 0.2) is 77.9 Å². The number of anilines is 1. The molecular weight excluding hydrogens is 544 g/mol. The number of hydrazone groups is 1. The van der Waals surface area contributed by atoms with Crippen molar-refractivity contribution in [2.24, 2.45) is 16.8 Å². The summed E-state index contributed by atoms with van der Waals surface area (Å²) in [6.07, 6.45) is 2.67. The predicted molar refractivity (Wildman–Crippen MR) is 169 cm³/mol. The molecule has 1 saturated heterocycles. The third-order valence-electron chi connectivity index (χ3n) is 7.70. The first kappa shape index (κ1) is 31.2. The second kappa shape index (κ2) is 14.9. The van der Waals surface area contributed by atoms with Gasteiger partial charge in [0.05, 0.1) is 0 Å². The van der Waals surface area contributed by atoms with Crippen LogP contribution in [-0.4, -0.2) is 60.2 Å². The van der Waals surface area contributed by atoms with Gasteiger partial charge in [0.2, 0.25) is 12.3 Å². The fourth-order valence-corrected chi connectivity index (χ4v) is 5.23. The number of nitrogens with zero attached hydrogens (tertiary/aromatic N) is 2. The van der Waals surface area contributed by atoms with E-state index in [0.717, 1.165) is 42.6 Å². The Morgan fingerprint density at radius 1 is 0.977 bits per heavy atom. The van der Waals surface area contributed by atoms with Crippen LogP contribution in [0.25, 0.3) is 11.1 Å². The monoisotopic (exact) mass is 584 g/mol. The molecule has 0 radical (unpaired) electrons. The number of benzene rings is 3. The van der Waals surface area contributed by atoms with Gasteiger partial charge in [-0.05, 0) is 79.8 Å². The van der Waals surface area contributed by atoms with Gasteiger partial charge in [0.15, 0.2) is 5.84 Å². The first-order chi connectivity index (χ1) is 20.8. The Balaban J connectivity index is 1.41. The van der Waals surface area contributed by atoms with Crippen LogP contribution in [0.2, 0.25) is 0 Å². The van der Waals surface area contributed by atoms with Crippen LogP contribution in [0, 0.1) is 0 Å². The minimum atomic E-state index is -0.807. The molecule has 0 aromatic heterocycles. The lowest BCUT2D eigenvalue weighted by molar-refractivity contribution is -0.121. The van der Waals surface area contributed by atoms with Crippen LogP contribution >= 0.6 is 0 Å². The van der Waals surface area contributed by atoms with Crippen molar-refractivity contribution in [3.8, 4) is 11.1 Å². The summed E-state index contributed by atoms with van der Waals surface area (Å²) in [5.74, 6) is 10.6. The molecule has 0 spiro atoms. The highest BCUT2D eigenvalue weighted by Crippen LogP contribution is 2.23. The Morgan fingerprint density at radius 2 is 1.65 bits per heavy atom. The average molecular weight is 585 g/mol. The molecule has 3 aromatic rings. The molecule has 8 N–H and O–H groups in total. The Kier molecular flexibility index (Phi) is 10.8. The number of carbonyl (C=O) groups excluding carboxylic acids is 3. The van der Waals surface area contributed by atoms with Gasteiger partial charge in [0.25, 0.3) is 5.91 Å². The van der Waals surface area contributed by atoms with Crippen LogP contribution in [0.3, 0.4) is 0 Å². The largest absolute Gasteiger partial charge is 0.349 e. The number of hydrogen-bond donors (Lipinski definition) is 6. The van der Waals surface area contributed by atoms with E-state index in [1.165, 1.54) is 0 Å². The van der Waals surface area contributed by atoms with Gasteiger partial charge < -0.3 is 32.1 Å². The summed E-state index contributed by atoms with van der Waals surface area (Å²) >= 11 is 0. The highest BCUT2D eigenvalue weighted by molar-refractivity contribution is 6.00. The van der Waals surface area contributed by atoms with Crippen molar-refractivity contribution in [1.29, 1.82) is 0 Å². The molecule has 3 amide bonds. The first-order valence-electron chi connectivity index (χ1n) is 14.4. The van der Waals surface area contributed by atoms with E-state index in [0.29, 0.717) is 35.1 Å². The van der Waals surface area contributed by atoms with Crippen molar-refractivity contribution in [3.63, 3.8) is 0 Å². The van der Waals surface area contributed by atoms with Crippen molar-refractivity contribution < 1.29 is 14.4 Å². The van der Waals surface area contributed by atoms with Crippen LogP contribution in [-0.2, 0) is 16.0 Å². The zero-order valence-corrected chi connectivity index (χ0v) is 24.5. The number of likely N-dealkylation sites (tertiary alicyclic amines) is 1. The molecule has 0 saturated carbocycles. The summed E-state index contributed by atoms with van der Waals surface area (Å²) in [7, 11) is 0. The molecule has 43 heavy (non-hydrogen) atoms. The molecule has 226 valence electrons. The third kappa shape index (κ3) is 8.40. The maximum atomic E-state index is 13.1. The lowest BCUT2D eigenvalue weighted by Gasteiger charge is -2.34. The van der Waals surface area contributed by atoms with Gasteiger partial charge in [-0.3, -0.25) is 14.4 Å². The summed E-state index contributed by atoms with van der Waals surface area (Å²) in [5.41, 5.74) is 6.84. The maximum absolute atomic E-state index is 13.1. The van der Waals surface area contributed by atoms with Crippen molar-refractivity contribution in [1.82, 2.24) is 21.0 Å². The topological polar surface area (TPSA) is 167 Å². The van der Waals surface area contributed by atoms with Crippen LogP contribution in [0.5, 0.6) is 0 Å². The van der Waals surface area contributed by atoms with E-state index >= 15 is 0 Å². The van der Waals surface area contributed by atoms with Gasteiger partial charge in [-0.2, -0.15) is 5.10 Å². The third-order valence-corrected chi connectivity index (χ3v) is 7.70.